The zero-order valence-corrected chi connectivity index (χ0v) is 9.78. The molecular formula is C14H12ClN. The Bertz CT molecular complexity index is 500. The van der Waals surface area contributed by atoms with Gasteiger partial charge in [0.1, 0.15) is 0 Å². The third kappa shape index (κ3) is 2.94. The maximum Gasteiger partial charge on any atom is 0.0630 e. The number of halogens is 1. The first-order valence-corrected chi connectivity index (χ1v) is 5.48. The number of rotatable bonds is 2. The van der Waals surface area contributed by atoms with Gasteiger partial charge >= 0.3 is 0 Å². The van der Waals surface area contributed by atoms with Crippen LogP contribution in [0.2, 0.25) is 5.02 Å². The van der Waals surface area contributed by atoms with Gasteiger partial charge in [0, 0.05) is 11.2 Å². The van der Waals surface area contributed by atoms with Crippen LogP contribution >= 0.6 is 11.6 Å². The van der Waals surface area contributed by atoms with Crippen molar-refractivity contribution in [3.8, 4) is 0 Å². The number of nitrogens with zero attached hydrogens (tertiary/aromatic N) is 1. The Kier molecular flexibility index (Phi) is 3.37. The Morgan fingerprint density at radius 1 is 1.06 bits per heavy atom. The molecule has 0 spiro atoms. The molecule has 2 rings (SSSR count). The lowest BCUT2D eigenvalue weighted by Gasteiger charge is -1.96. The second-order valence-corrected chi connectivity index (χ2v) is 4.09. The van der Waals surface area contributed by atoms with E-state index in [1.807, 2.05) is 54.7 Å². The van der Waals surface area contributed by atoms with Crippen molar-refractivity contribution in [3.05, 3.63) is 64.7 Å². The summed E-state index contributed by atoms with van der Waals surface area (Å²) >= 11 is 5.89. The van der Waals surface area contributed by atoms with E-state index in [4.69, 9.17) is 11.6 Å². The Hall–Kier alpha value is -1.60. The minimum absolute atomic E-state index is 0.729. The summed E-state index contributed by atoms with van der Waals surface area (Å²) in [5.41, 5.74) is 3.19. The number of hydrogen-bond donors (Lipinski definition) is 0. The van der Waals surface area contributed by atoms with Gasteiger partial charge in [0.05, 0.1) is 5.69 Å². The van der Waals surface area contributed by atoms with Gasteiger partial charge in [0.15, 0.2) is 0 Å². The molecule has 0 fully saturated rings. The average molecular weight is 230 g/mol. The van der Waals surface area contributed by atoms with E-state index in [2.05, 4.69) is 11.9 Å². The Morgan fingerprint density at radius 2 is 1.81 bits per heavy atom. The summed E-state index contributed by atoms with van der Waals surface area (Å²) in [6.45, 7) is 2.06. The summed E-state index contributed by atoms with van der Waals surface area (Å²) in [6.07, 6.45) is 1.82. The van der Waals surface area contributed by atoms with Crippen LogP contribution in [-0.4, -0.2) is 6.21 Å². The predicted octanol–water partition coefficient (Wildman–Crippen LogP) is 4.40. The van der Waals surface area contributed by atoms with Crippen molar-refractivity contribution < 1.29 is 0 Å². The standard InChI is InChI=1S/C14H12ClN/c1-11-5-7-14(8-6-11)16-10-12-3-2-4-13(15)9-12/h2-10H,1H3. The lowest BCUT2D eigenvalue weighted by molar-refractivity contribution is 1.44. The molecule has 0 bridgehead atoms. The summed E-state index contributed by atoms with van der Waals surface area (Å²) in [5, 5.41) is 0.729. The Labute approximate surface area is 100 Å². The van der Waals surface area contributed by atoms with Crippen LogP contribution in [0.5, 0.6) is 0 Å². The highest BCUT2D eigenvalue weighted by atomic mass is 35.5. The number of benzene rings is 2. The fourth-order valence-electron chi connectivity index (χ4n) is 1.37. The van der Waals surface area contributed by atoms with Gasteiger partial charge in [0.25, 0.3) is 0 Å². The van der Waals surface area contributed by atoms with Gasteiger partial charge in [-0.15, -0.1) is 0 Å². The smallest absolute Gasteiger partial charge is 0.0630 e. The van der Waals surface area contributed by atoms with Crippen LogP contribution in [0.15, 0.2) is 53.5 Å². The molecule has 0 aliphatic heterocycles. The topological polar surface area (TPSA) is 12.4 Å². The van der Waals surface area contributed by atoms with E-state index < -0.39 is 0 Å². The van der Waals surface area contributed by atoms with Gasteiger partial charge in [-0.25, -0.2) is 0 Å². The maximum atomic E-state index is 5.89. The molecule has 0 saturated heterocycles. The van der Waals surface area contributed by atoms with Crippen LogP contribution in [-0.2, 0) is 0 Å². The second-order valence-electron chi connectivity index (χ2n) is 3.65. The molecule has 0 aliphatic carbocycles. The predicted molar refractivity (Wildman–Crippen MR) is 69.9 cm³/mol. The number of aryl methyl sites for hydroxylation is 1. The molecule has 0 amide bonds. The molecule has 0 saturated carbocycles. The van der Waals surface area contributed by atoms with E-state index in [1.54, 1.807) is 0 Å². The lowest BCUT2D eigenvalue weighted by atomic mass is 10.2. The first-order chi connectivity index (χ1) is 7.74. The van der Waals surface area contributed by atoms with Gasteiger partial charge in [-0.05, 0) is 36.8 Å². The SMILES string of the molecule is Cc1ccc(N=Cc2cccc(Cl)c2)cc1. The van der Waals surface area contributed by atoms with E-state index in [9.17, 15) is 0 Å². The lowest BCUT2D eigenvalue weighted by Crippen LogP contribution is -1.79. The highest BCUT2D eigenvalue weighted by Crippen LogP contribution is 2.13. The molecule has 2 aromatic rings. The number of hydrogen-bond acceptors (Lipinski definition) is 1. The van der Waals surface area contributed by atoms with Crippen molar-refractivity contribution in [3.63, 3.8) is 0 Å². The van der Waals surface area contributed by atoms with E-state index in [0.717, 1.165) is 16.3 Å². The molecule has 0 radical (unpaired) electrons. The molecule has 0 aliphatic rings. The largest absolute Gasteiger partial charge is 0.256 e. The molecule has 2 aromatic carbocycles. The summed E-state index contributed by atoms with van der Waals surface area (Å²) in [4.78, 5) is 4.38. The van der Waals surface area contributed by atoms with Crippen molar-refractivity contribution in [1.82, 2.24) is 0 Å². The van der Waals surface area contributed by atoms with Gasteiger partial charge in [-0.2, -0.15) is 0 Å². The van der Waals surface area contributed by atoms with E-state index >= 15 is 0 Å². The molecule has 0 unspecified atom stereocenters. The average Bonchev–Trinajstić information content (AvgIpc) is 2.28. The van der Waals surface area contributed by atoms with Crippen molar-refractivity contribution in [2.24, 2.45) is 4.99 Å². The molecule has 80 valence electrons. The summed E-state index contributed by atoms with van der Waals surface area (Å²) in [5.74, 6) is 0. The highest BCUT2D eigenvalue weighted by Gasteiger charge is 1.90. The normalized spacial score (nSPS) is 10.9. The van der Waals surface area contributed by atoms with Crippen LogP contribution in [0.1, 0.15) is 11.1 Å². The van der Waals surface area contributed by atoms with E-state index in [0.29, 0.717) is 0 Å². The second kappa shape index (κ2) is 4.95. The molecule has 2 heteroatoms. The van der Waals surface area contributed by atoms with Gasteiger partial charge < -0.3 is 0 Å². The third-order valence-electron chi connectivity index (χ3n) is 2.25. The van der Waals surface area contributed by atoms with Crippen molar-refractivity contribution >= 4 is 23.5 Å². The minimum Gasteiger partial charge on any atom is -0.256 e. The quantitative estimate of drug-likeness (QED) is 0.677. The first-order valence-electron chi connectivity index (χ1n) is 5.10. The van der Waals surface area contributed by atoms with E-state index in [-0.39, 0.29) is 0 Å². The molecule has 0 N–H and O–H groups in total. The van der Waals surface area contributed by atoms with Crippen LogP contribution in [0.25, 0.3) is 0 Å². The fraction of sp³-hybridized carbons (Fsp3) is 0.0714. The number of aliphatic imine (C=N–C) groups is 1. The highest BCUT2D eigenvalue weighted by molar-refractivity contribution is 6.30. The minimum atomic E-state index is 0.729. The molecule has 0 atom stereocenters. The van der Waals surface area contributed by atoms with Crippen LogP contribution in [0.3, 0.4) is 0 Å². The fourth-order valence-corrected chi connectivity index (χ4v) is 1.57. The van der Waals surface area contributed by atoms with Gasteiger partial charge in [-0.1, -0.05) is 41.4 Å². The summed E-state index contributed by atoms with van der Waals surface area (Å²) in [7, 11) is 0. The van der Waals surface area contributed by atoms with E-state index in [1.165, 1.54) is 5.56 Å². The molecule has 0 aromatic heterocycles. The maximum absolute atomic E-state index is 5.89. The van der Waals surface area contributed by atoms with Crippen molar-refractivity contribution in [2.75, 3.05) is 0 Å². The van der Waals surface area contributed by atoms with Crippen LogP contribution in [0.4, 0.5) is 5.69 Å². The van der Waals surface area contributed by atoms with Crippen LogP contribution in [0, 0.1) is 6.92 Å². The zero-order chi connectivity index (χ0) is 11.4. The molecule has 1 nitrogen and oxygen atoms in total. The zero-order valence-electron chi connectivity index (χ0n) is 9.02. The third-order valence-corrected chi connectivity index (χ3v) is 2.48. The Morgan fingerprint density at radius 3 is 2.50 bits per heavy atom. The van der Waals surface area contributed by atoms with Gasteiger partial charge in [0.2, 0.25) is 0 Å². The molecule has 0 heterocycles. The van der Waals surface area contributed by atoms with Crippen LogP contribution < -0.4 is 0 Å². The monoisotopic (exact) mass is 229 g/mol. The van der Waals surface area contributed by atoms with Crippen molar-refractivity contribution in [1.29, 1.82) is 0 Å². The summed E-state index contributed by atoms with van der Waals surface area (Å²) < 4.78 is 0. The van der Waals surface area contributed by atoms with Gasteiger partial charge in [-0.3, -0.25) is 4.99 Å². The van der Waals surface area contributed by atoms with Crippen molar-refractivity contribution in [2.45, 2.75) is 6.92 Å². The Balaban J connectivity index is 2.18. The molecular weight excluding hydrogens is 218 g/mol. The molecule has 16 heavy (non-hydrogen) atoms. The first kappa shape index (κ1) is 10.9. The summed E-state index contributed by atoms with van der Waals surface area (Å²) in [6, 6.07) is 15.7.